The number of amides is 1. The Hall–Kier alpha value is -3.36. The molecule has 0 saturated carbocycles. The molecule has 1 aromatic heterocycles. The predicted octanol–water partition coefficient (Wildman–Crippen LogP) is 4.73. The van der Waals surface area contributed by atoms with Crippen molar-refractivity contribution >= 4 is 34.7 Å². The van der Waals surface area contributed by atoms with Crippen molar-refractivity contribution in [3.8, 4) is 17.0 Å². The van der Waals surface area contributed by atoms with Gasteiger partial charge in [-0.1, -0.05) is 11.6 Å². The summed E-state index contributed by atoms with van der Waals surface area (Å²) in [4.78, 5) is 19.2. The highest BCUT2D eigenvalue weighted by molar-refractivity contribution is 6.30. The van der Waals surface area contributed by atoms with Crippen LogP contribution >= 0.6 is 11.6 Å². The zero-order chi connectivity index (χ0) is 24.1. The van der Waals surface area contributed by atoms with Crippen LogP contribution in [0.4, 0.5) is 21.6 Å². The lowest BCUT2D eigenvalue weighted by molar-refractivity contribution is 0.0950. The van der Waals surface area contributed by atoms with Crippen LogP contribution in [-0.4, -0.2) is 47.1 Å². The van der Waals surface area contributed by atoms with Crippen LogP contribution in [0.25, 0.3) is 11.3 Å². The van der Waals surface area contributed by atoms with Gasteiger partial charge < -0.3 is 26.4 Å². The first kappa shape index (κ1) is 23.8. The maximum Gasteiger partial charge on any atom is 0.255 e. The molecule has 9 heteroatoms. The van der Waals surface area contributed by atoms with Crippen LogP contribution in [0.15, 0.2) is 48.5 Å². The summed E-state index contributed by atoms with van der Waals surface area (Å²) in [5.74, 6) is -0.203. The minimum Gasteiger partial charge on any atom is -0.507 e. The van der Waals surface area contributed by atoms with Gasteiger partial charge in [0.15, 0.2) is 0 Å². The minimum atomic E-state index is -0.673. The molecule has 0 radical (unpaired) electrons. The van der Waals surface area contributed by atoms with E-state index in [1.165, 1.54) is 18.9 Å². The summed E-state index contributed by atoms with van der Waals surface area (Å²) in [6.07, 6.45) is 2.40. The molecule has 5 N–H and O–H groups in total. The summed E-state index contributed by atoms with van der Waals surface area (Å²) >= 11 is 5.95. The summed E-state index contributed by atoms with van der Waals surface area (Å²) in [7, 11) is 0. The molecule has 1 fully saturated rings. The van der Waals surface area contributed by atoms with Crippen LogP contribution in [0.2, 0.25) is 5.02 Å². The largest absolute Gasteiger partial charge is 0.507 e. The smallest absolute Gasteiger partial charge is 0.255 e. The van der Waals surface area contributed by atoms with Gasteiger partial charge in [0.25, 0.3) is 5.91 Å². The van der Waals surface area contributed by atoms with Crippen LogP contribution in [-0.2, 0) is 6.67 Å². The molecule has 0 bridgehead atoms. The SMILES string of the molecule is Nc1nc(-c2cc(Nc3ccc(Cl)cc3CF)ccc2O)ccc1C(=O)NCCN1CCCC1. The van der Waals surface area contributed by atoms with E-state index in [-0.39, 0.29) is 23.0 Å². The molecular formula is C25H27ClFN5O2. The van der Waals surface area contributed by atoms with Gasteiger partial charge in [0.2, 0.25) is 0 Å². The van der Waals surface area contributed by atoms with Crippen molar-refractivity contribution in [2.24, 2.45) is 0 Å². The van der Waals surface area contributed by atoms with Crippen LogP contribution in [0, 0.1) is 0 Å². The molecule has 34 heavy (non-hydrogen) atoms. The number of carbonyl (C=O) groups excluding carboxylic acids is 1. The average Bonchev–Trinajstić information content (AvgIpc) is 3.34. The van der Waals surface area contributed by atoms with E-state index in [1.807, 2.05) is 0 Å². The first-order valence-corrected chi connectivity index (χ1v) is 11.5. The van der Waals surface area contributed by atoms with Gasteiger partial charge in [-0.2, -0.15) is 0 Å². The number of nitrogens with zero attached hydrogens (tertiary/aromatic N) is 2. The Balaban J connectivity index is 1.49. The molecule has 0 atom stereocenters. The Morgan fingerprint density at radius 1 is 1.15 bits per heavy atom. The van der Waals surface area contributed by atoms with E-state index in [1.54, 1.807) is 42.5 Å². The normalized spacial score (nSPS) is 13.7. The van der Waals surface area contributed by atoms with Gasteiger partial charge in [0, 0.05) is 40.6 Å². The number of halogens is 2. The first-order chi connectivity index (χ1) is 16.4. The second-order valence-electron chi connectivity index (χ2n) is 8.23. The lowest BCUT2D eigenvalue weighted by Crippen LogP contribution is -2.33. The molecule has 7 nitrogen and oxygen atoms in total. The highest BCUT2D eigenvalue weighted by Gasteiger charge is 2.16. The topological polar surface area (TPSA) is 104 Å². The molecule has 1 aliphatic rings. The number of likely N-dealkylation sites (tertiary alicyclic amines) is 1. The first-order valence-electron chi connectivity index (χ1n) is 11.2. The number of pyridine rings is 1. The summed E-state index contributed by atoms with van der Waals surface area (Å²) in [5.41, 5.74) is 8.81. The second-order valence-corrected chi connectivity index (χ2v) is 8.66. The second kappa shape index (κ2) is 10.7. The maximum atomic E-state index is 13.4. The molecule has 1 aliphatic heterocycles. The Kier molecular flexibility index (Phi) is 7.49. The van der Waals surface area contributed by atoms with Crippen molar-refractivity contribution in [1.29, 1.82) is 0 Å². The Morgan fingerprint density at radius 2 is 1.94 bits per heavy atom. The number of alkyl halides is 1. The molecule has 3 aromatic rings. The third-order valence-electron chi connectivity index (χ3n) is 5.84. The third kappa shape index (κ3) is 5.58. The van der Waals surface area contributed by atoms with Crippen molar-refractivity contribution in [3.63, 3.8) is 0 Å². The van der Waals surface area contributed by atoms with Gasteiger partial charge in [-0.25, -0.2) is 9.37 Å². The number of aromatic hydroxyl groups is 1. The molecule has 0 spiro atoms. The third-order valence-corrected chi connectivity index (χ3v) is 6.08. The number of phenols is 1. The Morgan fingerprint density at radius 3 is 2.68 bits per heavy atom. The molecule has 1 saturated heterocycles. The number of nitrogen functional groups attached to an aromatic ring is 1. The van der Waals surface area contributed by atoms with Crippen LogP contribution in [0.5, 0.6) is 5.75 Å². The van der Waals surface area contributed by atoms with E-state index >= 15 is 0 Å². The van der Waals surface area contributed by atoms with Gasteiger partial charge in [-0.05, 0) is 74.5 Å². The fourth-order valence-electron chi connectivity index (χ4n) is 4.02. The van der Waals surface area contributed by atoms with Crippen molar-refractivity contribution in [1.82, 2.24) is 15.2 Å². The average molecular weight is 484 g/mol. The number of carbonyl (C=O) groups is 1. The number of nitrogens with two attached hydrogens (primary N) is 1. The lowest BCUT2D eigenvalue weighted by Gasteiger charge is -2.15. The monoisotopic (exact) mass is 483 g/mol. The van der Waals surface area contributed by atoms with Crippen molar-refractivity contribution in [2.45, 2.75) is 19.5 Å². The Labute approximate surface area is 202 Å². The van der Waals surface area contributed by atoms with Gasteiger partial charge in [-0.3, -0.25) is 4.79 Å². The summed E-state index contributed by atoms with van der Waals surface area (Å²) < 4.78 is 13.4. The molecule has 2 aromatic carbocycles. The number of hydrogen-bond acceptors (Lipinski definition) is 6. The quantitative estimate of drug-likeness (QED) is 0.345. The zero-order valence-electron chi connectivity index (χ0n) is 18.7. The maximum absolute atomic E-state index is 13.4. The molecule has 178 valence electrons. The fraction of sp³-hybridized carbons (Fsp3) is 0.280. The van der Waals surface area contributed by atoms with Crippen molar-refractivity contribution in [2.75, 3.05) is 37.2 Å². The van der Waals surface area contributed by atoms with E-state index in [2.05, 4.69) is 20.5 Å². The minimum absolute atomic E-state index is 0.00193. The molecular weight excluding hydrogens is 457 g/mol. The molecule has 1 amide bonds. The van der Waals surface area contributed by atoms with E-state index in [0.717, 1.165) is 19.6 Å². The van der Waals surface area contributed by atoms with Crippen molar-refractivity contribution < 1.29 is 14.3 Å². The van der Waals surface area contributed by atoms with E-state index < -0.39 is 6.67 Å². The van der Waals surface area contributed by atoms with Gasteiger partial charge in [-0.15, -0.1) is 0 Å². The number of nitrogens with one attached hydrogen (secondary N) is 2. The number of hydrogen-bond donors (Lipinski definition) is 4. The summed E-state index contributed by atoms with van der Waals surface area (Å²) in [6.45, 7) is 2.81. The highest BCUT2D eigenvalue weighted by atomic mass is 35.5. The summed E-state index contributed by atoms with van der Waals surface area (Å²) in [6, 6.07) is 13.0. The zero-order valence-corrected chi connectivity index (χ0v) is 19.4. The highest BCUT2D eigenvalue weighted by Crippen LogP contribution is 2.33. The number of anilines is 3. The van der Waals surface area contributed by atoms with Gasteiger partial charge in [0.05, 0.1) is 11.3 Å². The standard InChI is InChI=1S/C25H27ClFN5O2/c26-17-3-6-21(16(13-17)15-27)30-18-4-8-23(33)20(14-18)22-7-5-19(24(28)31-22)25(34)29-9-12-32-10-1-2-11-32/h3-8,13-14,30,33H,1-2,9-12,15H2,(H2,28,31)(H,29,34). The van der Waals surface area contributed by atoms with Crippen LogP contribution in [0.1, 0.15) is 28.8 Å². The molecule has 2 heterocycles. The summed E-state index contributed by atoms with van der Waals surface area (Å²) in [5, 5.41) is 16.9. The van der Waals surface area contributed by atoms with E-state index in [0.29, 0.717) is 39.8 Å². The van der Waals surface area contributed by atoms with Gasteiger partial charge in [0.1, 0.15) is 18.2 Å². The fourth-order valence-corrected chi connectivity index (χ4v) is 4.21. The van der Waals surface area contributed by atoms with E-state index in [9.17, 15) is 14.3 Å². The number of aromatic nitrogens is 1. The Bertz CT molecular complexity index is 1180. The molecule has 4 rings (SSSR count). The van der Waals surface area contributed by atoms with Crippen LogP contribution in [0.3, 0.4) is 0 Å². The molecule has 0 unspecified atom stereocenters. The predicted molar refractivity (Wildman–Crippen MR) is 133 cm³/mol. The van der Waals surface area contributed by atoms with Crippen LogP contribution < -0.4 is 16.4 Å². The number of phenolic OH excluding ortho intramolecular Hbond substituents is 1. The lowest BCUT2D eigenvalue weighted by atomic mass is 10.1. The van der Waals surface area contributed by atoms with E-state index in [4.69, 9.17) is 17.3 Å². The molecule has 0 aliphatic carbocycles. The van der Waals surface area contributed by atoms with Crippen molar-refractivity contribution in [3.05, 3.63) is 64.7 Å². The van der Waals surface area contributed by atoms with Gasteiger partial charge >= 0.3 is 0 Å². The number of benzene rings is 2. The number of rotatable bonds is 8.